The Morgan fingerprint density at radius 3 is 2.53 bits per heavy atom. The number of hydrogen-bond acceptors (Lipinski definition) is 3. The molecule has 0 atom stereocenters. The van der Waals surface area contributed by atoms with E-state index < -0.39 is 10.9 Å². The Labute approximate surface area is 131 Å². The van der Waals surface area contributed by atoms with Crippen molar-refractivity contribution in [2.75, 3.05) is 7.11 Å². The maximum atomic E-state index is 11.4. The van der Waals surface area contributed by atoms with Gasteiger partial charge in [0.15, 0.2) is 0 Å². The van der Waals surface area contributed by atoms with Crippen LogP contribution in [0.1, 0.15) is 10.4 Å². The molecule has 2 rings (SSSR count). The minimum absolute atomic E-state index is 0. The number of rotatable bonds is 2. The number of carbonyl (C=O) groups is 1. The van der Waals surface area contributed by atoms with E-state index in [1.807, 2.05) is 24.3 Å². The van der Waals surface area contributed by atoms with Crippen LogP contribution in [0, 0.1) is 0 Å². The van der Waals surface area contributed by atoms with Gasteiger partial charge in [0, 0.05) is 9.79 Å². The number of ether oxygens (including phenoxy) is 1. The van der Waals surface area contributed by atoms with Gasteiger partial charge in [-0.3, -0.25) is 0 Å². The van der Waals surface area contributed by atoms with E-state index in [1.54, 1.807) is 6.07 Å². The first-order valence-corrected chi connectivity index (χ1v) is 6.70. The van der Waals surface area contributed by atoms with Crippen molar-refractivity contribution in [3.8, 4) is 0 Å². The summed E-state index contributed by atoms with van der Waals surface area (Å²) in [6.07, 6.45) is 4.04. The molecule has 0 unspecified atom stereocenters. The normalized spacial score (nSPS) is 14.6. The van der Waals surface area contributed by atoms with Crippen molar-refractivity contribution in [2.24, 2.45) is 0 Å². The van der Waals surface area contributed by atoms with E-state index in [0.717, 1.165) is 9.79 Å². The van der Waals surface area contributed by atoms with Crippen molar-refractivity contribution in [3.63, 3.8) is 0 Å². The molecule has 0 fully saturated rings. The Morgan fingerprint density at radius 1 is 1.29 bits per heavy atom. The van der Waals surface area contributed by atoms with Crippen molar-refractivity contribution in [1.82, 2.24) is 0 Å². The zero-order valence-electron chi connectivity index (χ0n) is 8.75. The second-order valence-electron chi connectivity index (χ2n) is 3.29. The van der Waals surface area contributed by atoms with Crippen LogP contribution in [0.5, 0.6) is 0 Å². The quantitative estimate of drug-likeness (QED) is 0.493. The van der Waals surface area contributed by atoms with Crippen LogP contribution < -0.4 is 0 Å². The zero-order valence-corrected chi connectivity index (χ0v) is 10.5. The van der Waals surface area contributed by atoms with Crippen molar-refractivity contribution in [3.05, 3.63) is 46.7 Å². The van der Waals surface area contributed by atoms with E-state index in [1.165, 1.54) is 7.11 Å². The van der Waals surface area contributed by atoms with Crippen molar-refractivity contribution < 1.29 is 9.53 Å². The van der Waals surface area contributed by atoms with Crippen LogP contribution in [-0.2, 0) is 4.74 Å². The van der Waals surface area contributed by atoms with Gasteiger partial charge < -0.3 is 4.74 Å². The Kier molecular flexibility index (Phi) is 5.89. The fraction of sp³-hybridized carbons (Fsp3) is 0.0833. The fourth-order valence-corrected chi connectivity index (χ4v) is 3.57. The molecule has 2 nitrogen and oxygen atoms in total. The predicted molar refractivity (Wildman–Crippen MR) is 77.7 cm³/mol. The van der Waals surface area contributed by atoms with Crippen LogP contribution >= 0.6 is 23.5 Å². The SMILES string of the molecule is COC(=O)c1ccc(S)c([SH]2C=CC=C2)c1.[NaH]. The van der Waals surface area contributed by atoms with Gasteiger partial charge >= 0.3 is 35.5 Å². The van der Waals surface area contributed by atoms with Crippen LogP contribution in [0.3, 0.4) is 0 Å². The average Bonchev–Trinajstić information content (AvgIpc) is 2.82. The second-order valence-corrected chi connectivity index (χ2v) is 5.66. The molecule has 5 heteroatoms. The molecule has 0 spiro atoms. The molecule has 0 aromatic heterocycles. The maximum absolute atomic E-state index is 11.4. The molecular formula is C12H13NaO2S2. The Bertz CT molecular complexity index is 471. The third-order valence-corrected chi connectivity index (χ3v) is 4.76. The first-order chi connectivity index (χ1) is 7.72. The summed E-state index contributed by atoms with van der Waals surface area (Å²) in [5.74, 6) is -0.309. The van der Waals surface area contributed by atoms with Crippen LogP contribution in [0.2, 0.25) is 0 Å². The number of carbonyl (C=O) groups excluding carboxylic acids is 1. The van der Waals surface area contributed by atoms with Crippen LogP contribution in [0.15, 0.2) is 51.0 Å². The summed E-state index contributed by atoms with van der Waals surface area (Å²) < 4.78 is 4.70. The second kappa shape index (κ2) is 6.71. The number of allylic oxidation sites excluding steroid dienone is 2. The molecule has 0 amide bonds. The van der Waals surface area contributed by atoms with E-state index in [0.29, 0.717) is 5.56 Å². The van der Waals surface area contributed by atoms with Gasteiger partial charge in [-0.15, -0.1) is 12.6 Å². The first-order valence-electron chi connectivity index (χ1n) is 4.77. The Balaban J connectivity index is 0.00000144. The topological polar surface area (TPSA) is 26.3 Å². The predicted octanol–water partition coefficient (Wildman–Crippen LogP) is 2.51. The fourth-order valence-electron chi connectivity index (χ4n) is 1.47. The Hall–Kier alpha value is -0.130. The zero-order chi connectivity index (χ0) is 11.5. The molecule has 86 valence electrons. The molecule has 0 radical (unpaired) electrons. The standard InChI is InChI=1S/C12H12O2S2.Na.H/c1-14-12(13)9-4-5-10(15)11(8-9)16-6-2-3-7-16;;/h2-8,15-16H,1H3;;. The van der Waals surface area contributed by atoms with E-state index in [9.17, 15) is 4.79 Å². The van der Waals surface area contributed by atoms with E-state index in [4.69, 9.17) is 4.74 Å². The summed E-state index contributed by atoms with van der Waals surface area (Å²) >= 11 is 4.41. The van der Waals surface area contributed by atoms with Gasteiger partial charge in [-0.25, -0.2) is 4.79 Å². The van der Waals surface area contributed by atoms with Crippen molar-refractivity contribution in [2.45, 2.75) is 9.79 Å². The van der Waals surface area contributed by atoms with Gasteiger partial charge in [-0.05, 0) is 29.0 Å². The van der Waals surface area contributed by atoms with Gasteiger partial charge in [0.2, 0.25) is 0 Å². The molecule has 1 aromatic carbocycles. The van der Waals surface area contributed by atoms with Gasteiger partial charge in [0.1, 0.15) is 0 Å². The molecule has 1 aromatic rings. The number of methoxy groups -OCH3 is 1. The van der Waals surface area contributed by atoms with Gasteiger partial charge in [-0.2, -0.15) is 10.9 Å². The molecule has 1 aliphatic heterocycles. The van der Waals surface area contributed by atoms with E-state index in [2.05, 4.69) is 23.4 Å². The van der Waals surface area contributed by atoms with Crippen molar-refractivity contribution >= 4 is 59.1 Å². The third kappa shape index (κ3) is 3.42. The number of esters is 1. The first kappa shape index (κ1) is 14.9. The summed E-state index contributed by atoms with van der Waals surface area (Å²) in [4.78, 5) is 13.4. The van der Waals surface area contributed by atoms with Crippen LogP contribution in [0.4, 0.5) is 0 Å². The summed E-state index contributed by atoms with van der Waals surface area (Å²) in [6, 6.07) is 5.43. The third-order valence-electron chi connectivity index (χ3n) is 2.28. The molecule has 1 heterocycles. The minimum atomic E-state index is -0.452. The monoisotopic (exact) mass is 276 g/mol. The molecule has 0 N–H and O–H groups in total. The Morgan fingerprint density at radius 2 is 1.94 bits per heavy atom. The summed E-state index contributed by atoms with van der Waals surface area (Å²) in [5, 5.41) is 4.26. The molecule has 17 heavy (non-hydrogen) atoms. The molecule has 0 saturated carbocycles. The summed E-state index contributed by atoms with van der Waals surface area (Å²) in [6.45, 7) is 0. The summed E-state index contributed by atoms with van der Waals surface area (Å²) in [7, 11) is 0.934. The number of hydrogen-bond donors (Lipinski definition) is 2. The van der Waals surface area contributed by atoms with E-state index >= 15 is 0 Å². The van der Waals surface area contributed by atoms with E-state index in [-0.39, 0.29) is 35.5 Å². The molecular weight excluding hydrogens is 263 g/mol. The van der Waals surface area contributed by atoms with Gasteiger partial charge in [0.05, 0.1) is 12.7 Å². The molecule has 1 aliphatic rings. The number of thiol groups is 2. The average molecular weight is 276 g/mol. The molecule has 0 bridgehead atoms. The van der Waals surface area contributed by atoms with Crippen molar-refractivity contribution in [1.29, 1.82) is 0 Å². The van der Waals surface area contributed by atoms with Gasteiger partial charge in [0.25, 0.3) is 0 Å². The van der Waals surface area contributed by atoms with Crippen LogP contribution in [0.25, 0.3) is 0 Å². The van der Waals surface area contributed by atoms with Crippen LogP contribution in [-0.4, -0.2) is 42.6 Å². The molecule has 0 aliphatic carbocycles. The molecule has 0 saturated heterocycles. The summed E-state index contributed by atoms with van der Waals surface area (Å²) in [5.41, 5.74) is 0.575. The van der Waals surface area contributed by atoms with Gasteiger partial charge in [-0.1, -0.05) is 12.2 Å². The number of benzene rings is 1.